The van der Waals surface area contributed by atoms with Crippen LogP contribution in [0.3, 0.4) is 0 Å². The van der Waals surface area contributed by atoms with Crippen LogP contribution in [0.2, 0.25) is 0 Å². The lowest BCUT2D eigenvalue weighted by Gasteiger charge is -2.37. The van der Waals surface area contributed by atoms with E-state index in [2.05, 4.69) is 6.92 Å². The molecule has 0 aromatic carbocycles. The Balaban J connectivity index is 2.75. The molecule has 1 heterocycles. The molecule has 18 heavy (non-hydrogen) atoms. The first-order valence-corrected chi connectivity index (χ1v) is 8.74. The maximum Gasteiger partial charge on any atom is 0.214 e. The average Bonchev–Trinajstić information content (AvgIpc) is 2.28. The van der Waals surface area contributed by atoms with Gasteiger partial charge in [0.2, 0.25) is 10.0 Å². The molecule has 1 rings (SSSR count). The van der Waals surface area contributed by atoms with Crippen molar-refractivity contribution >= 4 is 10.0 Å². The molecule has 0 spiro atoms. The van der Waals surface area contributed by atoms with E-state index in [-0.39, 0.29) is 23.8 Å². The van der Waals surface area contributed by atoms with E-state index in [1.54, 1.807) is 4.31 Å². The summed E-state index contributed by atoms with van der Waals surface area (Å²) in [5, 5.41) is 0. The second-order valence-electron chi connectivity index (χ2n) is 5.71. The second-order valence-corrected chi connectivity index (χ2v) is 7.67. The molecular formula is C13H28N2O2S. The van der Waals surface area contributed by atoms with Crippen molar-refractivity contribution in [1.82, 2.24) is 4.31 Å². The highest BCUT2D eigenvalue weighted by Crippen LogP contribution is 2.24. The molecule has 3 atom stereocenters. The molecule has 3 unspecified atom stereocenters. The van der Waals surface area contributed by atoms with E-state index < -0.39 is 10.0 Å². The van der Waals surface area contributed by atoms with Crippen molar-refractivity contribution in [1.29, 1.82) is 0 Å². The molecule has 1 saturated heterocycles. The third kappa shape index (κ3) is 4.21. The summed E-state index contributed by atoms with van der Waals surface area (Å²) in [6, 6.07) is -0.0841. The maximum absolute atomic E-state index is 12.5. The highest BCUT2D eigenvalue weighted by atomic mass is 32.2. The Labute approximate surface area is 112 Å². The van der Waals surface area contributed by atoms with Crippen LogP contribution in [0.1, 0.15) is 52.9 Å². The summed E-state index contributed by atoms with van der Waals surface area (Å²) in [5.74, 6) is 0.500. The van der Waals surface area contributed by atoms with Crippen LogP contribution in [0.25, 0.3) is 0 Å². The maximum atomic E-state index is 12.5. The molecule has 1 aliphatic rings. The Morgan fingerprint density at radius 1 is 1.33 bits per heavy atom. The largest absolute Gasteiger partial charge is 0.326 e. The fourth-order valence-corrected chi connectivity index (χ4v) is 5.03. The normalized spacial score (nSPS) is 25.9. The van der Waals surface area contributed by atoms with Gasteiger partial charge in [0.25, 0.3) is 0 Å². The van der Waals surface area contributed by atoms with Gasteiger partial charge in [-0.25, -0.2) is 8.42 Å². The Morgan fingerprint density at radius 2 is 2.00 bits per heavy atom. The predicted octanol–water partition coefficient (Wildman–Crippen LogP) is 1.95. The van der Waals surface area contributed by atoms with Crippen molar-refractivity contribution in [3.8, 4) is 0 Å². The Kier molecular flexibility index (Phi) is 6.08. The lowest BCUT2D eigenvalue weighted by molar-refractivity contribution is 0.226. The van der Waals surface area contributed by atoms with E-state index in [0.29, 0.717) is 6.54 Å². The Bertz CT molecular complexity index is 341. The second kappa shape index (κ2) is 6.87. The van der Waals surface area contributed by atoms with E-state index in [1.807, 2.05) is 13.8 Å². The number of hydrogen-bond donors (Lipinski definition) is 1. The first-order valence-electron chi connectivity index (χ1n) is 7.13. The van der Waals surface area contributed by atoms with Gasteiger partial charge in [0.05, 0.1) is 5.75 Å². The zero-order valence-corrected chi connectivity index (χ0v) is 12.7. The summed E-state index contributed by atoms with van der Waals surface area (Å²) in [7, 11) is -3.15. The van der Waals surface area contributed by atoms with Gasteiger partial charge in [-0.1, -0.05) is 26.7 Å². The molecule has 0 aliphatic carbocycles. The standard InChI is InChI=1S/C13H28N2O2S/c1-4-7-11(2)10-18(16,17)15-9-6-5-8-13(15)12(3)14/h11-13H,4-10,14H2,1-3H3. The van der Waals surface area contributed by atoms with Crippen molar-refractivity contribution < 1.29 is 8.42 Å². The zero-order valence-electron chi connectivity index (χ0n) is 11.9. The van der Waals surface area contributed by atoms with Crippen molar-refractivity contribution in [3.05, 3.63) is 0 Å². The molecule has 5 heteroatoms. The molecule has 108 valence electrons. The molecule has 0 bridgehead atoms. The molecule has 1 fully saturated rings. The van der Waals surface area contributed by atoms with Gasteiger partial charge in [0.15, 0.2) is 0 Å². The molecule has 0 saturated carbocycles. The number of piperidine rings is 1. The quantitative estimate of drug-likeness (QED) is 0.806. The van der Waals surface area contributed by atoms with Gasteiger partial charge in [0, 0.05) is 18.6 Å². The summed E-state index contributed by atoms with van der Waals surface area (Å²) >= 11 is 0. The van der Waals surface area contributed by atoms with Gasteiger partial charge < -0.3 is 5.73 Å². The van der Waals surface area contributed by atoms with E-state index in [9.17, 15) is 8.42 Å². The lowest BCUT2D eigenvalue weighted by atomic mass is 10.00. The minimum atomic E-state index is -3.15. The fraction of sp³-hybridized carbons (Fsp3) is 1.00. The highest BCUT2D eigenvalue weighted by Gasteiger charge is 2.34. The van der Waals surface area contributed by atoms with Gasteiger partial charge >= 0.3 is 0 Å². The molecule has 0 aromatic heterocycles. The van der Waals surface area contributed by atoms with Crippen LogP contribution in [0, 0.1) is 5.92 Å². The minimum absolute atomic E-state index is 0.00224. The predicted molar refractivity (Wildman–Crippen MR) is 75.9 cm³/mol. The number of nitrogens with zero attached hydrogens (tertiary/aromatic N) is 1. The molecular weight excluding hydrogens is 248 g/mol. The van der Waals surface area contributed by atoms with Gasteiger partial charge in [-0.05, 0) is 32.1 Å². The summed E-state index contributed by atoms with van der Waals surface area (Å²) in [5.41, 5.74) is 5.94. The van der Waals surface area contributed by atoms with Crippen molar-refractivity contribution in [3.63, 3.8) is 0 Å². The molecule has 0 amide bonds. The van der Waals surface area contributed by atoms with Gasteiger partial charge in [-0.2, -0.15) is 4.31 Å². The SMILES string of the molecule is CCCC(C)CS(=O)(=O)N1CCCCC1C(C)N. The number of hydrogen-bond acceptors (Lipinski definition) is 3. The van der Waals surface area contributed by atoms with Crippen LogP contribution in [0.15, 0.2) is 0 Å². The van der Waals surface area contributed by atoms with E-state index in [0.717, 1.165) is 32.1 Å². The third-order valence-corrected chi connectivity index (χ3v) is 5.90. The minimum Gasteiger partial charge on any atom is -0.326 e. The molecule has 0 radical (unpaired) electrons. The molecule has 1 aliphatic heterocycles. The van der Waals surface area contributed by atoms with Crippen LogP contribution in [0.4, 0.5) is 0 Å². The van der Waals surface area contributed by atoms with Gasteiger partial charge in [-0.15, -0.1) is 0 Å². The molecule has 4 nitrogen and oxygen atoms in total. The van der Waals surface area contributed by atoms with Crippen molar-refractivity contribution in [2.45, 2.75) is 65.0 Å². The van der Waals surface area contributed by atoms with Crippen LogP contribution >= 0.6 is 0 Å². The summed E-state index contributed by atoms with van der Waals surface area (Å²) in [6.45, 7) is 6.67. The Morgan fingerprint density at radius 3 is 2.56 bits per heavy atom. The summed E-state index contributed by atoms with van der Waals surface area (Å²) in [4.78, 5) is 0. The van der Waals surface area contributed by atoms with Crippen LogP contribution in [0.5, 0.6) is 0 Å². The first kappa shape index (κ1) is 15.9. The number of sulfonamides is 1. The third-order valence-electron chi connectivity index (χ3n) is 3.74. The summed E-state index contributed by atoms with van der Waals surface area (Å²) < 4.78 is 26.6. The van der Waals surface area contributed by atoms with Crippen LogP contribution in [-0.2, 0) is 10.0 Å². The smallest absolute Gasteiger partial charge is 0.214 e. The summed E-state index contributed by atoms with van der Waals surface area (Å²) in [6.07, 6.45) is 4.95. The highest BCUT2D eigenvalue weighted by molar-refractivity contribution is 7.89. The van der Waals surface area contributed by atoms with Crippen LogP contribution in [-0.4, -0.2) is 37.1 Å². The topological polar surface area (TPSA) is 63.4 Å². The van der Waals surface area contributed by atoms with E-state index in [1.165, 1.54) is 0 Å². The number of rotatable bonds is 6. The lowest BCUT2D eigenvalue weighted by Crippen LogP contribution is -2.52. The molecule has 0 aromatic rings. The van der Waals surface area contributed by atoms with Gasteiger partial charge in [-0.3, -0.25) is 0 Å². The molecule has 2 N–H and O–H groups in total. The Hall–Kier alpha value is -0.130. The monoisotopic (exact) mass is 276 g/mol. The van der Waals surface area contributed by atoms with Gasteiger partial charge in [0.1, 0.15) is 0 Å². The van der Waals surface area contributed by atoms with Crippen molar-refractivity contribution in [2.24, 2.45) is 11.7 Å². The first-order chi connectivity index (χ1) is 8.38. The van der Waals surface area contributed by atoms with E-state index in [4.69, 9.17) is 5.73 Å². The zero-order chi connectivity index (χ0) is 13.8. The number of nitrogens with two attached hydrogens (primary N) is 1. The van der Waals surface area contributed by atoms with Crippen LogP contribution < -0.4 is 5.73 Å². The van der Waals surface area contributed by atoms with Crippen molar-refractivity contribution in [2.75, 3.05) is 12.3 Å². The average molecular weight is 276 g/mol. The fourth-order valence-electron chi connectivity index (χ4n) is 2.83. The van der Waals surface area contributed by atoms with E-state index >= 15 is 0 Å².